The molecule has 0 atom stereocenters. The van der Waals surface area contributed by atoms with Gasteiger partial charge >= 0.3 is 0 Å². The Hall–Kier alpha value is 2.68. The Labute approximate surface area is 86.1 Å². The molecule has 0 fully saturated rings. The molecule has 0 aliphatic rings. The molecule has 0 N–H and O–H groups in total. The molecule has 5 heteroatoms. The van der Waals surface area contributed by atoms with Crippen molar-refractivity contribution in [1.82, 2.24) is 0 Å². The third kappa shape index (κ3) is 20.4. The van der Waals surface area contributed by atoms with Crippen molar-refractivity contribution < 1.29 is 69.8 Å². The van der Waals surface area contributed by atoms with Crippen LogP contribution in [0.25, 0.3) is 0 Å². The Morgan fingerprint density at radius 2 is 1.00 bits per heavy atom. The van der Waals surface area contributed by atoms with Crippen LogP contribution in [0, 0.1) is 0 Å². The smallest absolute Gasteiger partial charge is 0 e. The van der Waals surface area contributed by atoms with Crippen molar-refractivity contribution in [2.45, 2.75) is 0 Å². The number of rotatable bonds is 0. The largest absolute Gasteiger partial charge is 0.187 e. The van der Waals surface area contributed by atoms with E-state index in [1.807, 2.05) is 0 Å². The molecule has 0 rings (SSSR count). The molecule has 0 spiro atoms. The van der Waals surface area contributed by atoms with E-state index in [-0.39, 0.29) is 87.2 Å². The Kier molecular flexibility index (Phi) is 287. The summed E-state index contributed by atoms with van der Waals surface area (Å²) in [6.45, 7) is 0. The van der Waals surface area contributed by atoms with E-state index in [9.17, 15) is 0 Å². The summed E-state index contributed by atoms with van der Waals surface area (Å²) in [6, 6.07) is 0. The van der Waals surface area contributed by atoms with Crippen molar-refractivity contribution in [3.63, 3.8) is 0 Å². The molecule has 0 aromatic carbocycles. The molecule has 0 unspecified atom stereocenters. The average Bonchev–Trinajstić information content (AvgIpc) is 0. The van der Waals surface area contributed by atoms with Gasteiger partial charge in [0, 0.05) is 69.8 Å². The minimum absolute atomic E-state index is 0. The van der Waals surface area contributed by atoms with Crippen LogP contribution in [-0.4, -0.2) is 17.4 Å². The summed E-state index contributed by atoms with van der Waals surface area (Å²) in [6.07, 6.45) is 0. The van der Waals surface area contributed by atoms with E-state index >= 15 is 0 Å². The zero-order valence-electron chi connectivity index (χ0n) is 1.66. The van der Waals surface area contributed by atoms with Crippen LogP contribution in [0.1, 0.15) is 0 Å². The molecule has 0 saturated carbocycles. The summed E-state index contributed by atoms with van der Waals surface area (Å²) in [5, 5.41) is 0. The SMILES string of the molecule is [AlH3].[Co].[Cu].[Ni].[Zn]. The summed E-state index contributed by atoms with van der Waals surface area (Å²) in [7, 11) is 0. The first kappa shape index (κ1) is 47.8. The van der Waals surface area contributed by atoms with Gasteiger partial charge in [0.2, 0.25) is 0 Å². The predicted octanol–water partition coefficient (Wildman–Crippen LogP) is -1.19. The minimum atomic E-state index is 0. The van der Waals surface area contributed by atoms with Gasteiger partial charge < -0.3 is 0 Å². The van der Waals surface area contributed by atoms with Crippen LogP contribution >= 0.6 is 0 Å². The molecular formula is H3AlCoCuNiZn. The molecule has 2 radical (unpaired) electrons. The van der Waals surface area contributed by atoms with Crippen molar-refractivity contribution in [1.29, 1.82) is 0 Å². The average molecular weight is 277 g/mol. The first-order chi connectivity index (χ1) is 0. The molecular weight excluding hydrogens is 274 g/mol. The Morgan fingerprint density at radius 1 is 1.00 bits per heavy atom. The van der Waals surface area contributed by atoms with Crippen molar-refractivity contribution in [2.75, 3.05) is 0 Å². The van der Waals surface area contributed by atoms with Crippen LogP contribution in [0.15, 0.2) is 0 Å². The predicted molar refractivity (Wildman–Crippen MR) is 9.94 cm³/mol. The zero-order valence-corrected chi connectivity index (χ0v) is 7.60. The van der Waals surface area contributed by atoms with E-state index in [0.29, 0.717) is 0 Å². The molecule has 0 amide bonds. The van der Waals surface area contributed by atoms with Gasteiger partial charge in [-0.2, -0.15) is 0 Å². The Morgan fingerprint density at radius 3 is 1.00 bits per heavy atom. The summed E-state index contributed by atoms with van der Waals surface area (Å²) in [5.74, 6) is 0. The summed E-state index contributed by atoms with van der Waals surface area (Å²) < 4.78 is 0. The van der Waals surface area contributed by atoms with E-state index in [1.165, 1.54) is 0 Å². The van der Waals surface area contributed by atoms with Crippen molar-refractivity contribution in [3.05, 3.63) is 0 Å². The second-order valence-corrected chi connectivity index (χ2v) is 0. The maximum atomic E-state index is 0. The van der Waals surface area contributed by atoms with Crippen LogP contribution in [0.2, 0.25) is 0 Å². The van der Waals surface area contributed by atoms with E-state index < -0.39 is 0 Å². The van der Waals surface area contributed by atoms with E-state index in [0.717, 1.165) is 0 Å². The first-order valence-corrected chi connectivity index (χ1v) is 0. The first-order valence-electron chi connectivity index (χ1n) is 0. The van der Waals surface area contributed by atoms with Crippen molar-refractivity contribution in [3.8, 4) is 0 Å². The van der Waals surface area contributed by atoms with Gasteiger partial charge in [-0.15, -0.1) is 0 Å². The van der Waals surface area contributed by atoms with E-state index in [4.69, 9.17) is 0 Å². The van der Waals surface area contributed by atoms with Gasteiger partial charge in [0.25, 0.3) is 0 Å². The third-order valence-electron chi connectivity index (χ3n) is 0. The molecule has 0 bridgehead atoms. The van der Waals surface area contributed by atoms with Crippen molar-refractivity contribution >= 4 is 17.4 Å². The molecule has 0 heterocycles. The minimum Gasteiger partial charge on any atom is 0 e. The summed E-state index contributed by atoms with van der Waals surface area (Å²) >= 11 is 0. The fraction of sp³-hybridized carbons (Fsp3) is 0. The van der Waals surface area contributed by atoms with Gasteiger partial charge in [0.05, 0.1) is 0 Å². The fourth-order valence-electron chi connectivity index (χ4n) is 0. The summed E-state index contributed by atoms with van der Waals surface area (Å²) in [4.78, 5) is 0. The van der Waals surface area contributed by atoms with Gasteiger partial charge in [-0.25, -0.2) is 0 Å². The van der Waals surface area contributed by atoms with Crippen molar-refractivity contribution in [2.24, 2.45) is 0 Å². The standard InChI is InChI=1S/Al.Co.Cu.Ni.Zn.3H. The van der Waals surface area contributed by atoms with Gasteiger partial charge in [-0.1, -0.05) is 0 Å². The van der Waals surface area contributed by atoms with Crippen LogP contribution in [0.4, 0.5) is 0 Å². The molecule has 0 aromatic heterocycles. The monoisotopic (exact) mass is 274 g/mol. The molecule has 0 aromatic rings. The molecule has 5 heavy (non-hydrogen) atoms. The fourth-order valence-corrected chi connectivity index (χ4v) is 0. The zero-order chi connectivity index (χ0) is 0. The summed E-state index contributed by atoms with van der Waals surface area (Å²) in [5.41, 5.74) is 0. The molecule has 0 nitrogen and oxygen atoms in total. The quantitative estimate of drug-likeness (QED) is 0.488. The third-order valence-corrected chi connectivity index (χ3v) is 0. The molecule has 0 aliphatic heterocycles. The Bertz CT molecular complexity index is 11.6. The van der Waals surface area contributed by atoms with Gasteiger partial charge in [-0.05, 0) is 0 Å². The van der Waals surface area contributed by atoms with Crippen LogP contribution in [-0.2, 0) is 69.8 Å². The Balaban J connectivity index is 0. The molecule has 0 saturated heterocycles. The van der Waals surface area contributed by atoms with Gasteiger partial charge in [0.15, 0.2) is 17.4 Å². The second kappa shape index (κ2) is 30.0. The van der Waals surface area contributed by atoms with E-state index in [1.54, 1.807) is 0 Å². The number of hydrogen-bond donors (Lipinski definition) is 0. The van der Waals surface area contributed by atoms with E-state index in [2.05, 4.69) is 0 Å². The molecule has 0 aliphatic carbocycles. The van der Waals surface area contributed by atoms with Crippen LogP contribution < -0.4 is 0 Å². The topological polar surface area (TPSA) is 0 Å². The van der Waals surface area contributed by atoms with Gasteiger partial charge in [0.1, 0.15) is 0 Å². The van der Waals surface area contributed by atoms with Gasteiger partial charge in [-0.3, -0.25) is 0 Å². The molecule has 38 valence electrons. The maximum absolute atomic E-state index is 0. The normalized spacial score (nSPS) is 0. The second-order valence-electron chi connectivity index (χ2n) is 0. The van der Waals surface area contributed by atoms with Crippen LogP contribution in [0.5, 0.6) is 0 Å². The number of hydrogen-bond acceptors (Lipinski definition) is 0. The maximum Gasteiger partial charge on any atom is 0.187 e. The van der Waals surface area contributed by atoms with Crippen LogP contribution in [0.3, 0.4) is 0 Å².